The zero-order valence-corrected chi connectivity index (χ0v) is 11.0. The van der Waals surface area contributed by atoms with Gasteiger partial charge in [-0.05, 0) is 24.2 Å². The van der Waals surface area contributed by atoms with Crippen LogP contribution in [0.15, 0.2) is 0 Å². The lowest BCUT2D eigenvalue weighted by Crippen LogP contribution is -2.35. The SMILES string of the molecule is CCC(C)(CCC(C)C)CNC(C)C. The number of hydrogen-bond donors (Lipinski definition) is 1. The third-order valence-corrected chi connectivity index (χ3v) is 3.12. The van der Waals surface area contributed by atoms with Crippen molar-refractivity contribution in [3.05, 3.63) is 0 Å². The maximum atomic E-state index is 3.56. The van der Waals surface area contributed by atoms with Gasteiger partial charge in [-0.15, -0.1) is 0 Å². The van der Waals surface area contributed by atoms with Gasteiger partial charge in [0.2, 0.25) is 0 Å². The first-order valence-electron chi connectivity index (χ1n) is 6.13. The average molecular weight is 199 g/mol. The van der Waals surface area contributed by atoms with E-state index in [1.807, 2.05) is 0 Å². The van der Waals surface area contributed by atoms with Gasteiger partial charge in [0.05, 0.1) is 0 Å². The molecular weight excluding hydrogens is 170 g/mol. The lowest BCUT2D eigenvalue weighted by atomic mass is 9.81. The Bertz CT molecular complexity index is 126. The normalized spacial score (nSPS) is 16.3. The molecule has 0 aliphatic rings. The molecule has 86 valence electrons. The van der Waals surface area contributed by atoms with Gasteiger partial charge in [0.25, 0.3) is 0 Å². The van der Waals surface area contributed by atoms with Crippen LogP contribution in [0.3, 0.4) is 0 Å². The Morgan fingerprint density at radius 2 is 1.71 bits per heavy atom. The molecule has 1 heteroatoms. The molecule has 0 aromatic carbocycles. The molecule has 0 saturated heterocycles. The second-order valence-electron chi connectivity index (χ2n) is 5.63. The molecule has 0 radical (unpaired) electrons. The smallest absolute Gasteiger partial charge is 0.00106 e. The van der Waals surface area contributed by atoms with Crippen molar-refractivity contribution in [3.8, 4) is 0 Å². The fourth-order valence-corrected chi connectivity index (χ4v) is 1.48. The van der Waals surface area contributed by atoms with E-state index in [1.54, 1.807) is 0 Å². The minimum atomic E-state index is 0.495. The van der Waals surface area contributed by atoms with E-state index in [4.69, 9.17) is 0 Å². The van der Waals surface area contributed by atoms with Crippen molar-refractivity contribution < 1.29 is 0 Å². The molecule has 0 bridgehead atoms. The van der Waals surface area contributed by atoms with Gasteiger partial charge in [-0.1, -0.05) is 48.0 Å². The summed E-state index contributed by atoms with van der Waals surface area (Å²) in [5.41, 5.74) is 0.495. The van der Waals surface area contributed by atoms with E-state index >= 15 is 0 Å². The molecule has 0 aliphatic heterocycles. The molecule has 0 rings (SSSR count). The summed E-state index contributed by atoms with van der Waals surface area (Å²) in [5.74, 6) is 0.833. The second-order valence-corrected chi connectivity index (χ2v) is 5.63. The number of rotatable bonds is 7. The highest BCUT2D eigenvalue weighted by Crippen LogP contribution is 2.28. The predicted octanol–water partition coefficient (Wildman–Crippen LogP) is 3.84. The zero-order valence-electron chi connectivity index (χ0n) is 11.0. The average Bonchev–Trinajstić information content (AvgIpc) is 2.11. The van der Waals surface area contributed by atoms with Gasteiger partial charge in [-0.2, -0.15) is 0 Å². The van der Waals surface area contributed by atoms with E-state index in [1.165, 1.54) is 19.3 Å². The Labute approximate surface area is 90.7 Å². The molecule has 0 aromatic rings. The van der Waals surface area contributed by atoms with Gasteiger partial charge in [-0.3, -0.25) is 0 Å². The van der Waals surface area contributed by atoms with Crippen molar-refractivity contribution in [2.24, 2.45) is 11.3 Å². The van der Waals surface area contributed by atoms with E-state index < -0.39 is 0 Å². The highest BCUT2D eigenvalue weighted by Gasteiger charge is 2.21. The van der Waals surface area contributed by atoms with Crippen molar-refractivity contribution in [2.45, 2.75) is 66.8 Å². The second kappa shape index (κ2) is 6.44. The molecule has 0 aliphatic carbocycles. The summed E-state index contributed by atoms with van der Waals surface area (Å²) in [5, 5.41) is 3.56. The van der Waals surface area contributed by atoms with Crippen LogP contribution in [-0.2, 0) is 0 Å². The summed E-state index contributed by atoms with van der Waals surface area (Å²) in [6.45, 7) is 14.9. The summed E-state index contributed by atoms with van der Waals surface area (Å²) < 4.78 is 0. The van der Waals surface area contributed by atoms with E-state index in [0.29, 0.717) is 11.5 Å². The Hall–Kier alpha value is -0.0400. The molecule has 0 heterocycles. The molecule has 0 saturated carbocycles. The lowest BCUT2D eigenvalue weighted by Gasteiger charge is -2.30. The third-order valence-electron chi connectivity index (χ3n) is 3.12. The number of nitrogens with one attached hydrogen (secondary N) is 1. The van der Waals surface area contributed by atoms with E-state index in [0.717, 1.165) is 12.5 Å². The minimum Gasteiger partial charge on any atom is -0.314 e. The molecule has 0 aromatic heterocycles. The minimum absolute atomic E-state index is 0.495. The van der Waals surface area contributed by atoms with Gasteiger partial charge in [-0.25, -0.2) is 0 Å². The van der Waals surface area contributed by atoms with Crippen LogP contribution in [0.4, 0.5) is 0 Å². The van der Waals surface area contributed by atoms with Crippen LogP contribution in [0.2, 0.25) is 0 Å². The Kier molecular flexibility index (Phi) is 6.43. The first kappa shape index (κ1) is 14.0. The summed E-state index contributed by atoms with van der Waals surface area (Å²) in [6, 6.07) is 0.611. The molecule has 1 N–H and O–H groups in total. The van der Waals surface area contributed by atoms with Gasteiger partial charge in [0, 0.05) is 12.6 Å². The fourth-order valence-electron chi connectivity index (χ4n) is 1.48. The van der Waals surface area contributed by atoms with Crippen molar-refractivity contribution >= 4 is 0 Å². The van der Waals surface area contributed by atoms with Crippen LogP contribution in [0.1, 0.15) is 60.8 Å². The van der Waals surface area contributed by atoms with Crippen molar-refractivity contribution in [1.82, 2.24) is 5.32 Å². The van der Waals surface area contributed by atoms with E-state index in [2.05, 4.69) is 46.9 Å². The lowest BCUT2D eigenvalue weighted by molar-refractivity contribution is 0.243. The van der Waals surface area contributed by atoms with Crippen LogP contribution in [-0.4, -0.2) is 12.6 Å². The highest BCUT2D eigenvalue weighted by atomic mass is 14.9. The number of hydrogen-bond acceptors (Lipinski definition) is 1. The Morgan fingerprint density at radius 1 is 1.14 bits per heavy atom. The van der Waals surface area contributed by atoms with Crippen molar-refractivity contribution in [2.75, 3.05) is 6.54 Å². The summed E-state index contributed by atoms with van der Waals surface area (Å²) in [4.78, 5) is 0. The largest absolute Gasteiger partial charge is 0.314 e. The molecule has 14 heavy (non-hydrogen) atoms. The van der Waals surface area contributed by atoms with Crippen molar-refractivity contribution in [1.29, 1.82) is 0 Å². The summed E-state index contributed by atoms with van der Waals surface area (Å²) in [6.07, 6.45) is 3.98. The third kappa shape index (κ3) is 6.42. The summed E-state index contributed by atoms with van der Waals surface area (Å²) >= 11 is 0. The predicted molar refractivity (Wildman–Crippen MR) is 65.6 cm³/mol. The quantitative estimate of drug-likeness (QED) is 0.657. The van der Waals surface area contributed by atoms with Gasteiger partial charge in [0.15, 0.2) is 0 Å². The Morgan fingerprint density at radius 3 is 2.07 bits per heavy atom. The molecule has 0 fully saturated rings. The van der Waals surface area contributed by atoms with Crippen LogP contribution in [0.5, 0.6) is 0 Å². The van der Waals surface area contributed by atoms with Crippen LogP contribution < -0.4 is 5.32 Å². The molecular formula is C13H29N. The molecule has 1 atom stereocenters. The topological polar surface area (TPSA) is 12.0 Å². The summed E-state index contributed by atoms with van der Waals surface area (Å²) in [7, 11) is 0. The standard InChI is InChI=1S/C13H29N/c1-7-13(6,9-8-11(2)3)10-14-12(4)5/h11-12,14H,7-10H2,1-6H3. The van der Waals surface area contributed by atoms with Crippen LogP contribution >= 0.6 is 0 Å². The zero-order chi connectivity index (χ0) is 11.2. The van der Waals surface area contributed by atoms with Crippen LogP contribution in [0, 0.1) is 11.3 Å². The maximum Gasteiger partial charge on any atom is 0.00106 e. The first-order chi connectivity index (χ1) is 6.39. The van der Waals surface area contributed by atoms with Gasteiger partial charge < -0.3 is 5.32 Å². The first-order valence-corrected chi connectivity index (χ1v) is 6.13. The highest BCUT2D eigenvalue weighted by molar-refractivity contribution is 4.76. The molecule has 1 nitrogen and oxygen atoms in total. The van der Waals surface area contributed by atoms with Crippen molar-refractivity contribution in [3.63, 3.8) is 0 Å². The van der Waals surface area contributed by atoms with E-state index in [9.17, 15) is 0 Å². The monoisotopic (exact) mass is 199 g/mol. The van der Waals surface area contributed by atoms with Gasteiger partial charge in [0.1, 0.15) is 0 Å². The molecule has 1 unspecified atom stereocenters. The van der Waals surface area contributed by atoms with E-state index in [-0.39, 0.29) is 0 Å². The molecule has 0 spiro atoms. The maximum absolute atomic E-state index is 3.56. The Balaban J connectivity index is 3.91. The molecule has 0 amide bonds. The van der Waals surface area contributed by atoms with Crippen LogP contribution in [0.25, 0.3) is 0 Å². The fraction of sp³-hybridized carbons (Fsp3) is 1.00. The van der Waals surface area contributed by atoms with Gasteiger partial charge >= 0.3 is 0 Å².